The van der Waals surface area contributed by atoms with Crippen molar-refractivity contribution in [3.8, 4) is 0 Å². The zero-order chi connectivity index (χ0) is 18.8. The van der Waals surface area contributed by atoms with E-state index in [0.717, 1.165) is 32.7 Å². The van der Waals surface area contributed by atoms with Gasteiger partial charge in [0.2, 0.25) is 0 Å². The summed E-state index contributed by atoms with van der Waals surface area (Å²) in [5, 5.41) is 3.36. The van der Waals surface area contributed by atoms with E-state index in [1.807, 2.05) is 6.92 Å². The molecule has 0 rings (SSSR count). The summed E-state index contributed by atoms with van der Waals surface area (Å²) in [6.07, 6.45) is 4.72. The zero-order valence-corrected chi connectivity index (χ0v) is 17.4. The summed E-state index contributed by atoms with van der Waals surface area (Å²) in [4.78, 5) is 0. The van der Waals surface area contributed by atoms with Gasteiger partial charge in [-0.05, 0) is 44.7 Å². The first kappa shape index (κ1) is 24.8. The lowest BCUT2D eigenvalue weighted by Crippen LogP contribution is -2.22. The van der Waals surface area contributed by atoms with Crippen LogP contribution in [0.4, 0.5) is 0 Å². The van der Waals surface area contributed by atoms with Crippen LogP contribution in [0.1, 0.15) is 60.3 Å². The van der Waals surface area contributed by atoms with Crippen LogP contribution in [0.5, 0.6) is 0 Å². The third-order valence-electron chi connectivity index (χ3n) is 3.84. The van der Waals surface area contributed by atoms with Crippen molar-refractivity contribution in [2.45, 2.75) is 66.4 Å². The van der Waals surface area contributed by atoms with Gasteiger partial charge in [0.05, 0.1) is 45.7 Å². The second-order valence-corrected chi connectivity index (χ2v) is 7.44. The Morgan fingerprint density at radius 2 is 1.56 bits per heavy atom. The van der Waals surface area contributed by atoms with E-state index in [1.54, 1.807) is 0 Å². The zero-order valence-electron chi connectivity index (χ0n) is 17.4. The lowest BCUT2D eigenvalue weighted by atomic mass is 9.89. The molecule has 1 atom stereocenters. The van der Waals surface area contributed by atoms with E-state index >= 15 is 0 Å². The number of hydrogen-bond acceptors (Lipinski definition) is 5. The largest absolute Gasteiger partial charge is 0.379 e. The Hall–Kier alpha value is -0.200. The maximum Gasteiger partial charge on any atom is 0.0781 e. The Morgan fingerprint density at radius 1 is 0.840 bits per heavy atom. The molecular formula is C20H43NO4. The molecule has 25 heavy (non-hydrogen) atoms. The molecule has 0 amide bonds. The van der Waals surface area contributed by atoms with Crippen LogP contribution in [0.15, 0.2) is 0 Å². The summed E-state index contributed by atoms with van der Waals surface area (Å²) < 4.78 is 22.5. The molecule has 5 heteroatoms. The highest BCUT2D eigenvalue weighted by molar-refractivity contribution is 4.66. The summed E-state index contributed by atoms with van der Waals surface area (Å²) >= 11 is 0. The average Bonchev–Trinajstić information content (AvgIpc) is 2.56. The predicted octanol–water partition coefficient (Wildman–Crippen LogP) is 3.66. The number of ether oxygens (including phenoxy) is 4. The second-order valence-electron chi connectivity index (χ2n) is 7.44. The highest BCUT2D eigenvalue weighted by atomic mass is 16.6. The molecule has 0 aliphatic rings. The van der Waals surface area contributed by atoms with E-state index in [2.05, 4.69) is 33.0 Å². The summed E-state index contributed by atoms with van der Waals surface area (Å²) in [6.45, 7) is 17.7. The number of rotatable bonds is 19. The van der Waals surface area contributed by atoms with Crippen LogP contribution in [0.3, 0.4) is 0 Å². The van der Waals surface area contributed by atoms with E-state index in [-0.39, 0.29) is 11.5 Å². The minimum absolute atomic E-state index is 0.110. The molecule has 5 nitrogen and oxygen atoms in total. The van der Waals surface area contributed by atoms with Crippen molar-refractivity contribution in [3.63, 3.8) is 0 Å². The summed E-state index contributed by atoms with van der Waals surface area (Å²) in [5.74, 6) is 0. The van der Waals surface area contributed by atoms with Gasteiger partial charge in [0, 0.05) is 6.61 Å². The Labute approximate surface area is 156 Å². The van der Waals surface area contributed by atoms with Gasteiger partial charge < -0.3 is 24.3 Å². The van der Waals surface area contributed by atoms with Gasteiger partial charge in [-0.25, -0.2) is 0 Å². The first-order valence-corrected chi connectivity index (χ1v) is 10.1. The Kier molecular flexibility index (Phi) is 17.1. The third-order valence-corrected chi connectivity index (χ3v) is 3.84. The van der Waals surface area contributed by atoms with Crippen LogP contribution >= 0.6 is 0 Å². The van der Waals surface area contributed by atoms with Crippen molar-refractivity contribution in [1.82, 2.24) is 5.32 Å². The van der Waals surface area contributed by atoms with Crippen LogP contribution < -0.4 is 5.32 Å². The molecule has 0 heterocycles. The Bertz CT molecular complexity index is 274. The van der Waals surface area contributed by atoms with E-state index in [0.29, 0.717) is 33.0 Å². The molecule has 0 aliphatic heterocycles. The molecule has 0 spiro atoms. The molecule has 1 unspecified atom stereocenters. The van der Waals surface area contributed by atoms with Crippen molar-refractivity contribution < 1.29 is 18.9 Å². The fourth-order valence-corrected chi connectivity index (χ4v) is 2.52. The fourth-order valence-electron chi connectivity index (χ4n) is 2.52. The molecule has 0 bridgehead atoms. The van der Waals surface area contributed by atoms with E-state index in [9.17, 15) is 0 Å². The molecule has 0 aromatic rings. The highest BCUT2D eigenvalue weighted by Gasteiger charge is 2.16. The Balaban J connectivity index is 3.28. The summed E-state index contributed by atoms with van der Waals surface area (Å²) in [6, 6.07) is 0. The molecule has 0 aromatic heterocycles. The summed E-state index contributed by atoms with van der Waals surface area (Å²) in [5.41, 5.74) is 0.263. The van der Waals surface area contributed by atoms with Crippen LogP contribution in [0, 0.1) is 5.41 Å². The number of hydrogen-bond donors (Lipinski definition) is 1. The maximum atomic E-state index is 5.69. The van der Waals surface area contributed by atoms with Gasteiger partial charge in [-0.3, -0.25) is 0 Å². The molecule has 0 fully saturated rings. The quantitative estimate of drug-likeness (QED) is 0.356. The van der Waals surface area contributed by atoms with Crippen LogP contribution in [0.25, 0.3) is 0 Å². The van der Waals surface area contributed by atoms with Gasteiger partial charge in [0.25, 0.3) is 0 Å². The van der Waals surface area contributed by atoms with Crippen molar-refractivity contribution in [2.75, 3.05) is 59.3 Å². The van der Waals surface area contributed by atoms with Gasteiger partial charge in [-0.15, -0.1) is 0 Å². The monoisotopic (exact) mass is 361 g/mol. The first-order chi connectivity index (χ1) is 12.0. The molecule has 1 N–H and O–H groups in total. The smallest absolute Gasteiger partial charge is 0.0781 e. The summed E-state index contributed by atoms with van der Waals surface area (Å²) in [7, 11) is 0. The maximum absolute atomic E-state index is 5.69. The van der Waals surface area contributed by atoms with Crippen LogP contribution in [-0.2, 0) is 18.9 Å². The van der Waals surface area contributed by atoms with Gasteiger partial charge in [0.15, 0.2) is 0 Å². The van der Waals surface area contributed by atoms with Gasteiger partial charge in [-0.1, -0.05) is 34.1 Å². The van der Waals surface area contributed by atoms with Gasteiger partial charge in [-0.2, -0.15) is 0 Å². The van der Waals surface area contributed by atoms with Gasteiger partial charge in [0.1, 0.15) is 0 Å². The lowest BCUT2D eigenvalue weighted by molar-refractivity contribution is -0.0406. The SMILES string of the molecule is CCCNCCCOCC(C)OCCOCCOCC(C)(C)CCC. The van der Waals surface area contributed by atoms with Crippen molar-refractivity contribution in [2.24, 2.45) is 5.41 Å². The molecule has 0 saturated heterocycles. The second kappa shape index (κ2) is 17.2. The number of nitrogens with one attached hydrogen (secondary N) is 1. The van der Waals surface area contributed by atoms with Crippen molar-refractivity contribution in [1.29, 1.82) is 0 Å². The molecule has 152 valence electrons. The predicted molar refractivity (Wildman–Crippen MR) is 104 cm³/mol. The first-order valence-electron chi connectivity index (χ1n) is 10.1. The van der Waals surface area contributed by atoms with Crippen LogP contribution in [-0.4, -0.2) is 65.4 Å². The normalized spacial score (nSPS) is 13.3. The molecule has 0 saturated carbocycles. The van der Waals surface area contributed by atoms with E-state index in [1.165, 1.54) is 19.3 Å². The van der Waals surface area contributed by atoms with E-state index < -0.39 is 0 Å². The lowest BCUT2D eigenvalue weighted by Gasteiger charge is -2.23. The molecule has 0 radical (unpaired) electrons. The van der Waals surface area contributed by atoms with Gasteiger partial charge >= 0.3 is 0 Å². The average molecular weight is 362 g/mol. The topological polar surface area (TPSA) is 49.0 Å². The standard InChI is InChI=1S/C20H43NO4/c1-6-9-20(4,5)18-24-14-13-22-15-16-25-19(3)17-23-12-8-11-21-10-7-2/h19,21H,6-18H2,1-5H3. The van der Waals surface area contributed by atoms with Crippen LogP contribution in [0.2, 0.25) is 0 Å². The minimum Gasteiger partial charge on any atom is -0.379 e. The van der Waals surface area contributed by atoms with Crippen molar-refractivity contribution >= 4 is 0 Å². The molecular weight excluding hydrogens is 318 g/mol. The minimum atomic E-state index is 0.110. The molecule has 0 aromatic carbocycles. The Morgan fingerprint density at radius 3 is 2.28 bits per heavy atom. The highest BCUT2D eigenvalue weighted by Crippen LogP contribution is 2.21. The van der Waals surface area contributed by atoms with E-state index in [4.69, 9.17) is 18.9 Å². The fraction of sp³-hybridized carbons (Fsp3) is 1.00. The van der Waals surface area contributed by atoms with Crippen molar-refractivity contribution in [3.05, 3.63) is 0 Å². The third kappa shape index (κ3) is 18.4. The molecule has 0 aliphatic carbocycles.